The van der Waals surface area contributed by atoms with Gasteiger partial charge in [-0.1, -0.05) is 54.6 Å². The van der Waals surface area contributed by atoms with Crippen LogP contribution in [-0.2, 0) is 0 Å². The molecule has 1 aliphatic rings. The summed E-state index contributed by atoms with van der Waals surface area (Å²) < 4.78 is 5.52. The molecule has 0 unspecified atom stereocenters. The molecule has 0 N–H and O–H groups in total. The van der Waals surface area contributed by atoms with Crippen LogP contribution in [0.15, 0.2) is 72.5 Å². The number of para-hydroxylation sites is 1. The van der Waals surface area contributed by atoms with Gasteiger partial charge >= 0.3 is 0 Å². The summed E-state index contributed by atoms with van der Waals surface area (Å²) in [6.07, 6.45) is 5.47. The summed E-state index contributed by atoms with van der Waals surface area (Å²) in [7, 11) is 0. The molecule has 3 rings (SSSR count). The van der Waals surface area contributed by atoms with E-state index in [2.05, 4.69) is 0 Å². The molecule has 0 saturated heterocycles. The first-order valence-corrected chi connectivity index (χ1v) is 6.09. The molecule has 0 bridgehead atoms. The molecule has 0 fully saturated rings. The third-order valence-corrected chi connectivity index (χ3v) is 2.91. The Labute approximate surface area is 111 Å². The van der Waals surface area contributed by atoms with E-state index in [1.165, 1.54) is 0 Å². The maximum Gasteiger partial charge on any atom is 0.231 e. The van der Waals surface area contributed by atoms with Crippen molar-refractivity contribution in [2.45, 2.75) is 0 Å². The number of allylic oxidation sites excluding steroid dienone is 3. The van der Waals surface area contributed by atoms with Crippen LogP contribution < -0.4 is 4.74 Å². The van der Waals surface area contributed by atoms with Gasteiger partial charge in [0.15, 0.2) is 5.76 Å². The number of rotatable bonds is 2. The number of carbonyl (C=O) groups is 1. The van der Waals surface area contributed by atoms with Crippen LogP contribution in [0.4, 0.5) is 0 Å². The second-order valence-corrected chi connectivity index (χ2v) is 4.23. The van der Waals surface area contributed by atoms with Crippen LogP contribution in [0, 0.1) is 0 Å². The summed E-state index contributed by atoms with van der Waals surface area (Å²) >= 11 is 0. The molecule has 2 heteroatoms. The number of carbonyl (C=O) groups excluding carboxylic acids is 1. The zero-order valence-electron chi connectivity index (χ0n) is 10.2. The molecule has 0 atom stereocenters. The van der Waals surface area contributed by atoms with Crippen molar-refractivity contribution in [3.05, 3.63) is 83.6 Å². The fourth-order valence-corrected chi connectivity index (χ4v) is 1.96. The van der Waals surface area contributed by atoms with Crippen LogP contribution in [-0.4, -0.2) is 5.78 Å². The van der Waals surface area contributed by atoms with Crippen molar-refractivity contribution >= 4 is 11.9 Å². The minimum Gasteiger partial charge on any atom is -0.452 e. The smallest absolute Gasteiger partial charge is 0.231 e. The number of ketones is 1. The lowest BCUT2D eigenvalue weighted by molar-refractivity contribution is 0.101. The van der Waals surface area contributed by atoms with Gasteiger partial charge in [0.2, 0.25) is 5.78 Å². The van der Waals surface area contributed by atoms with Gasteiger partial charge in [-0.3, -0.25) is 4.79 Å². The summed E-state index contributed by atoms with van der Waals surface area (Å²) in [6, 6.07) is 17.2. The lowest BCUT2D eigenvalue weighted by Crippen LogP contribution is -1.97. The molecule has 2 aromatic carbocycles. The van der Waals surface area contributed by atoms with E-state index in [1.807, 2.05) is 54.6 Å². The molecule has 1 heterocycles. The molecule has 0 aliphatic carbocycles. The van der Waals surface area contributed by atoms with Crippen molar-refractivity contribution in [2.75, 3.05) is 0 Å². The zero-order chi connectivity index (χ0) is 13.1. The highest BCUT2D eigenvalue weighted by atomic mass is 16.5. The molecule has 0 saturated carbocycles. The van der Waals surface area contributed by atoms with E-state index in [0.717, 1.165) is 5.56 Å². The number of benzene rings is 2. The average Bonchev–Trinajstić information content (AvgIpc) is 2.78. The van der Waals surface area contributed by atoms with Crippen molar-refractivity contribution in [1.82, 2.24) is 0 Å². The van der Waals surface area contributed by atoms with Gasteiger partial charge < -0.3 is 4.74 Å². The maximum absolute atomic E-state index is 12.0. The molecule has 2 nitrogen and oxygen atoms in total. The highest BCUT2D eigenvalue weighted by Crippen LogP contribution is 2.30. The van der Waals surface area contributed by atoms with Gasteiger partial charge in [-0.25, -0.2) is 0 Å². The summed E-state index contributed by atoms with van der Waals surface area (Å²) in [5.41, 5.74) is 1.71. The Kier molecular flexibility index (Phi) is 2.99. The Bertz CT molecular complexity index is 667. The van der Waals surface area contributed by atoms with Gasteiger partial charge in [0.1, 0.15) is 5.75 Å². The minimum absolute atomic E-state index is 0.0617. The van der Waals surface area contributed by atoms with Gasteiger partial charge in [0.05, 0.1) is 5.56 Å². The average molecular weight is 248 g/mol. The SMILES string of the molecule is O=C1C(=CC=Cc2ccccc2)Oc2ccccc21. The van der Waals surface area contributed by atoms with E-state index >= 15 is 0 Å². The predicted molar refractivity (Wildman–Crippen MR) is 75.0 cm³/mol. The summed E-state index contributed by atoms with van der Waals surface area (Å²) in [5.74, 6) is 0.938. The highest BCUT2D eigenvalue weighted by Gasteiger charge is 2.25. The van der Waals surface area contributed by atoms with E-state index in [-0.39, 0.29) is 5.78 Å². The van der Waals surface area contributed by atoms with Crippen LogP contribution in [0.5, 0.6) is 5.75 Å². The van der Waals surface area contributed by atoms with Gasteiger partial charge in [0.25, 0.3) is 0 Å². The number of fused-ring (bicyclic) bond motifs is 1. The van der Waals surface area contributed by atoms with E-state index in [1.54, 1.807) is 18.2 Å². The van der Waals surface area contributed by atoms with E-state index < -0.39 is 0 Å². The lowest BCUT2D eigenvalue weighted by Gasteiger charge is -1.95. The van der Waals surface area contributed by atoms with E-state index in [4.69, 9.17) is 4.74 Å². The van der Waals surface area contributed by atoms with Gasteiger partial charge in [-0.05, 0) is 23.8 Å². The van der Waals surface area contributed by atoms with Crippen molar-refractivity contribution in [3.8, 4) is 5.75 Å². The second-order valence-electron chi connectivity index (χ2n) is 4.23. The zero-order valence-corrected chi connectivity index (χ0v) is 10.2. The molecule has 0 aromatic heterocycles. The fourth-order valence-electron chi connectivity index (χ4n) is 1.96. The quantitative estimate of drug-likeness (QED) is 0.754. The summed E-state index contributed by atoms with van der Waals surface area (Å²) in [5, 5.41) is 0. The Hall–Kier alpha value is -2.61. The normalized spacial score (nSPS) is 15.8. The molecule has 2 aromatic rings. The number of Topliss-reactive ketones (excluding diaryl/α,β-unsaturated/α-hetero) is 1. The van der Waals surface area contributed by atoms with Crippen LogP contribution in [0.1, 0.15) is 15.9 Å². The molecule has 0 radical (unpaired) electrons. The van der Waals surface area contributed by atoms with Crippen molar-refractivity contribution in [2.24, 2.45) is 0 Å². The lowest BCUT2D eigenvalue weighted by atomic mass is 10.1. The number of ether oxygens (including phenoxy) is 1. The first kappa shape index (κ1) is 11.5. The first-order valence-electron chi connectivity index (χ1n) is 6.09. The largest absolute Gasteiger partial charge is 0.452 e. The topological polar surface area (TPSA) is 26.3 Å². The molecular formula is C17H12O2. The molecule has 0 amide bonds. The predicted octanol–water partition coefficient (Wildman–Crippen LogP) is 3.86. The third kappa shape index (κ3) is 2.33. The molecule has 92 valence electrons. The van der Waals surface area contributed by atoms with Crippen molar-refractivity contribution < 1.29 is 9.53 Å². The van der Waals surface area contributed by atoms with Gasteiger partial charge in [0, 0.05) is 0 Å². The molecule has 19 heavy (non-hydrogen) atoms. The van der Waals surface area contributed by atoms with E-state index in [0.29, 0.717) is 17.1 Å². The maximum atomic E-state index is 12.0. The number of hydrogen-bond donors (Lipinski definition) is 0. The van der Waals surface area contributed by atoms with Crippen molar-refractivity contribution in [3.63, 3.8) is 0 Å². The monoisotopic (exact) mass is 248 g/mol. The first-order chi connectivity index (χ1) is 9.34. The molecular weight excluding hydrogens is 236 g/mol. The Morgan fingerprint density at radius 1 is 0.895 bits per heavy atom. The Morgan fingerprint density at radius 2 is 1.63 bits per heavy atom. The van der Waals surface area contributed by atoms with Gasteiger partial charge in [-0.15, -0.1) is 0 Å². The van der Waals surface area contributed by atoms with Crippen molar-refractivity contribution in [1.29, 1.82) is 0 Å². The molecule has 0 spiro atoms. The molecule has 1 aliphatic heterocycles. The summed E-state index contributed by atoms with van der Waals surface area (Å²) in [6.45, 7) is 0. The van der Waals surface area contributed by atoms with E-state index in [9.17, 15) is 4.79 Å². The highest BCUT2D eigenvalue weighted by molar-refractivity contribution is 6.12. The minimum atomic E-state index is -0.0617. The van der Waals surface area contributed by atoms with Crippen LogP contribution in [0.25, 0.3) is 6.08 Å². The second kappa shape index (κ2) is 4.94. The van der Waals surface area contributed by atoms with Gasteiger partial charge in [-0.2, -0.15) is 0 Å². The standard InChI is InChI=1S/C17H12O2/c18-17-14-10-4-5-11-15(14)19-16(17)12-6-9-13-7-2-1-3-8-13/h1-12H. The Morgan fingerprint density at radius 3 is 2.42 bits per heavy atom. The van der Waals surface area contributed by atoms with Crippen LogP contribution in [0.2, 0.25) is 0 Å². The summed E-state index contributed by atoms with van der Waals surface area (Å²) in [4.78, 5) is 12.0. The number of hydrogen-bond acceptors (Lipinski definition) is 2. The third-order valence-electron chi connectivity index (χ3n) is 2.91. The van der Waals surface area contributed by atoms with Crippen LogP contribution in [0.3, 0.4) is 0 Å². The Balaban J connectivity index is 1.80. The fraction of sp³-hybridized carbons (Fsp3) is 0. The van der Waals surface area contributed by atoms with Crippen LogP contribution >= 0.6 is 0 Å².